The molecule has 1 fully saturated rings. The molecule has 0 bridgehead atoms. The highest BCUT2D eigenvalue weighted by Crippen LogP contribution is 2.28. The quantitative estimate of drug-likeness (QED) is 0.802. The first-order chi connectivity index (χ1) is 7.86. The van der Waals surface area contributed by atoms with Crippen molar-refractivity contribution >= 4 is 5.69 Å². The van der Waals surface area contributed by atoms with E-state index in [1.807, 2.05) is 18.2 Å². The molecule has 1 heterocycles. The number of nitrogens with one attached hydrogen (secondary N) is 1. The molecule has 0 radical (unpaired) electrons. The van der Waals surface area contributed by atoms with Crippen LogP contribution in [0.1, 0.15) is 5.56 Å². The van der Waals surface area contributed by atoms with Crippen LogP contribution in [0.4, 0.5) is 5.69 Å². The molecule has 16 heavy (non-hydrogen) atoms. The molecule has 1 aliphatic heterocycles. The number of nitriles is 1. The molecule has 1 aliphatic rings. The number of hydrogen-bond donors (Lipinski definition) is 1. The second kappa shape index (κ2) is 4.86. The van der Waals surface area contributed by atoms with Gasteiger partial charge in [-0.3, -0.25) is 0 Å². The number of rotatable bonds is 2. The van der Waals surface area contributed by atoms with Crippen molar-refractivity contribution in [3.63, 3.8) is 0 Å². The van der Waals surface area contributed by atoms with Crippen molar-refractivity contribution in [2.24, 2.45) is 0 Å². The first-order valence-electron chi connectivity index (χ1n) is 5.39. The number of hydrogen-bond acceptors (Lipinski definition) is 4. The molecule has 2 rings (SSSR count). The van der Waals surface area contributed by atoms with Gasteiger partial charge in [-0.05, 0) is 12.1 Å². The Labute approximate surface area is 95.4 Å². The summed E-state index contributed by atoms with van der Waals surface area (Å²) in [6.45, 7) is 3.79. The second-order valence-corrected chi connectivity index (χ2v) is 3.70. The number of methoxy groups -OCH3 is 1. The molecule has 0 unspecified atom stereocenters. The summed E-state index contributed by atoms with van der Waals surface area (Å²) in [4.78, 5) is 2.22. The minimum atomic E-state index is 0.631. The molecular weight excluding hydrogens is 202 g/mol. The van der Waals surface area contributed by atoms with Crippen molar-refractivity contribution < 1.29 is 4.74 Å². The maximum absolute atomic E-state index is 9.19. The molecule has 4 nitrogen and oxygen atoms in total. The van der Waals surface area contributed by atoms with Gasteiger partial charge >= 0.3 is 0 Å². The molecule has 1 N–H and O–H groups in total. The first kappa shape index (κ1) is 10.8. The Morgan fingerprint density at radius 3 is 2.75 bits per heavy atom. The van der Waals surface area contributed by atoms with Gasteiger partial charge in [0.15, 0.2) is 0 Å². The topological polar surface area (TPSA) is 48.3 Å². The van der Waals surface area contributed by atoms with Crippen molar-refractivity contribution in [1.82, 2.24) is 5.32 Å². The van der Waals surface area contributed by atoms with Gasteiger partial charge in [0, 0.05) is 26.2 Å². The molecule has 1 aromatic rings. The van der Waals surface area contributed by atoms with Crippen molar-refractivity contribution in [2.45, 2.75) is 0 Å². The van der Waals surface area contributed by atoms with Crippen molar-refractivity contribution in [2.75, 3.05) is 38.2 Å². The fraction of sp³-hybridized carbons (Fsp3) is 0.417. The van der Waals surface area contributed by atoms with Crippen LogP contribution in [0, 0.1) is 11.3 Å². The molecular formula is C12H15N3O. The van der Waals surface area contributed by atoms with Gasteiger partial charge in [0.25, 0.3) is 0 Å². The van der Waals surface area contributed by atoms with Gasteiger partial charge in [0.05, 0.1) is 12.8 Å². The standard InChI is InChI=1S/C12H15N3O/c1-16-12-4-2-3-11(10(12)9-13)15-7-5-14-6-8-15/h2-4,14H,5-8H2,1H3. The summed E-state index contributed by atoms with van der Waals surface area (Å²) >= 11 is 0. The third-order valence-corrected chi connectivity index (χ3v) is 2.79. The fourth-order valence-electron chi connectivity index (χ4n) is 1.97. The maximum atomic E-state index is 9.19. The van der Waals surface area contributed by atoms with Gasteiger partial charge in [-0.2, -0.15) is 5.26 Å². The lowest BCUT2D eigenvalue weighted by Crippen LogP contribution is -2.43. The molecule has 0 atom stereocenters. The minimum absolute atomic E-state index is 0.631. The van der Waals surface area contributed by atoms with Crippen LogP contribution in [0.25, 0.3) is 0 Å². The Balaban J connectivity index is 2.35. The van der Waals surface area contributed by atoms with Crippen LogP contribution in [0.15, 0.2) is 18.2 Å². The van der Waals surface area contributed by atoms with Crippen molar-refractivity contribution in [3.8, 4) is 11.8 Å². The summed E-state index contributed by atoms with van der Waals surface area (Å²) in [6, 6.07) is 7.96. The van der Waals surface area contributed by atoms with Gasteiger partial charge in [-0.25, -0.2) is 0 Å². The highest BCUT2D eigenvalue weighted by Gasteiger charge is 2.16. The van der Waals surface area contributed by atoms with Crippen LogP contribution in [-0.4, -0.2) is 33.3 Å². The van der Waals surface area contributed by atoms with E-state index >= 15 is 0 Å². The molecule has 84 valence electrons. The van der Waals surface area contributed by atoms with Gasteiger partial charge < -0.3 is 15.0 Å². The Morgan fingerprint density at radius 1 is 1.38 bits per heavy atom. The molecule has 0 spiro atoms. The van der Waals surface area contributed by atoms with E-state index in [2.05, 4.69) is 16.3 Å². The zero-order chi connectivity index (χ0) is 11.4. The van der Waals surface area contributed by atoms with Crippen LogP contribution in [0.5, 0.6) is 5.75 Å². The smallest absolute Gasteiger partial charge is 0.138 e. The van der Waals surface area contributed by atoms with Crippen LogP contribution in [0.2, 0.25) is 0 Å². The van der Waals surface area contributed by atoms with Crippen LogP contribution in [0.3, 0.4) is 0 Å². The highest BCUT2D eigenvalue weighted by atomic mass is 16.5. The van der Waals surface area contributed by atoms with E-state index in [1.165, 1.54) is 0 Å². The molecule has 1 aromatic carbocycles. The molecule has 4 heteroatoms. The average molecular weight is 217 g/mol. The zero-order valence-corrected chi connectivity index (χ0v) is 9.36. The van der Waals surface area contributed by atoms with Gasteiger partial charge in [-0.15, -0.1) is 0 Å². The monoisotopic (exact) mass is 217 g/mol. The summed E-state index contributed by atoms with van der Waals surface area (Å²) in [7, 11) is 1.59. The van der Waals surface area contributed by atoms with E-state index in [1.54, 1.807) is 7.11 Å². The summed E-state index contributed by atoms with van der Waals surface area (Å²) < 4.78 is 5.20. The SMILES string of the molecule is COc1cccc(N2CCNCC2)c1C#N. The summed E-state index contributed by atoms with van der Waals surface area (Å²) in [5.74, 6) is 0.651. The van der Waals surface area contributed by atoms with E-state index in [0.29, 0.717) is 11.3 Å². The Hall–Kier alpha value is -1.73. The number of benzene rings is 1. The second-order valence-electron chi connectivity index (χ2n) is 3.70. The fourth-order valence-corrected chi connectivity index (χ4v) is 1.97. The first-order valence-corrected chi connectivity index (χ1v) is 5.39. The third kappa shape index (κ3) is 1.95. The van der Waals surface area contributed by atoms with E-state index in [-0.39, 0.29) is 0 Å². The van der Waals surface area contributed by atoms with E-state index in [0.717, 1.165) is 31.9 Å². The van der Waals surface area contributed by atoms with Crippen LogP contribution >= 0.6 is 0 Å². The van der Waals surface area contributed by atoms with Gasteiger partial charge in [0.1, 0.15) is 17.4 Å². The predicted octanol–water partition coefficient (Wildman–Crippen LogP) is 0.976. The van der Waals surface area contributed by atoms with Crippen molar-refractivity contribution in [1.29, 1.82) is 5.26 Å². The Morgan fingerprint density at radius 2 is 2.12 bits per heavy atom. The summed E-state index contributed by atoms with van der Waals surface area (Å²) in [6.07, 6.45) is 0. The summed E-state index contributed by atoms with van der Waals surface area (Å²) in [5.41, 5.74) is 1.61. The predicted molar refractivity (Wildman–Crippen MR) is 62.8 cm³/mol. The number of ether oxygens (including phenoxy) is 1. The number of nitrogens with zero attached hydrogens (tertiary/aromatic N) is 2. The van der Waals surface area contributed by atoms with Gasteiger partial charge in [-0.1, -0.05) is 6.07 Å². The molecule has 0 aliphatic carbocycles. The zero-order valence-electron chi connectivity index (χ0n) is 9.36. The van der Waals surface area contributed by atoms with Crippen LogP contribution in [-0.2, 0) is 0 Å². The number of piperazine rings is 1. The van der Waals surface area contributed by atoms with Gasteiger partial charge in [0.2, 0.25) is 0 Å². The van der Waals surface area contributed by atoms with E-state index in [9.17, 15) is 5.26 Å². The van der Waals surface area contributed by atoms with E-state index in [4.69, 9.17) is 4.74 Å². The maximum Gasteiger partial charge on any atom is 0.138 e. The summed E-state index contributed by atoms with van der Waals surface area (Å²) in [5, 5.41) is 12.5. The lowest BCUT2D eigenvalue weighted by atomic mass is 10.1. The Kier molecular flexibility index (Phi) is 3.28. The number of anilines is 1. The lowest BCUT2D eigenvalue weighted by molar-refractivity contribution is 0.413. The van der Waals surface area contributed by atoms with E-state index < -0.39 is 0 Å². The van der Waals surface area contributed by atoms with Crippen LogP contribution < -0.4 is 15.0 Å². The molecule has 0 saturated carbocycles. The molecule has 1 saturated heterocycles. The largest absolute Gasteiger partial charge is 0.495 e. The molecule has 0 amide bonds. The minimum Gasteiger partial charge on any atom is -0.495 e. The lowest BCUT2D eigenvalue weighted by Gasteiger charge is -2.30. The average Bonchev–Trinajstić information content (AvgIpc) is 2.38. The highest BCUT2D eigenvalue weighted by molar-refractivity contribution is 5.65. The van der Waals surface area contributed by atoms with Crippen molar-refractivity contribution in [3.05, 3.63) is 23.8 Å². The third-order valence-electron chi connectivity index (χ3n) is 2.79. The molecule has 0 aromatic heterocycles. The Bertz CT molecular complexity index is 405. The normalized spacial score (nSPS) is 15.6.